The van der Waals surface area contributed by atoms with E-state index < -0.39 is 23.0 Å². The molecule has 2 nitrogen and oxygen atoms in total. The van der Waals surface area contributed by atoms with Crippen molar-refractivity contribution in [3.05, 3.63) is 71.3 Å². The molecule has 0 amide bonds. The van der Waals surface area contributed by atoms with Gasteiger partial charge in [0.1, 0.15) is 17.2 Å². The lowest BCUT2D eigenvalue weighted by atomic mass is 9.85. The zero-order valence-corrected chi connectivity index (χ0v) is 10.4. The molecule has 2 N–H and O–H groups in total. The normalized spacial score (nSPS) is 13.9. The molecule has 0 aliphatic rings. The highest BCUT2D eigenvalue weighted by molar-refractivity contribution is 6.03. The summed E-state index contributed by atoms with van der Waals surface area (Å²) >= 11 is 0. The maximum absolute atomic E-state index is 13.6. The minimum Gasteiger partial charge on any atom is -0.315 e. The largest absolute Gasteiger partial charge is 0.315 e. The topological polar surface area (TPSA) is 43.1 Å². The van der Waals surface area contributed by atoms with Gasteiger partial charge in [0.05, 0.1) is 5.56 Å². The van der Waals surface area contributed by atoms with Crippen molar-refractivity contribution in [3.8, 4) is 0 Å². The van der Waals surface area contributed by atoms with Crippen molar-refractivity contribution >= 4 is 5.78 Å². The molecule has 0 aliphatic carbocycles. The van der Waals surface area contributed by atoms with E-state index in [1.165, 1.54) is 6.92 Å². The van der Waals surface area contributed by atoms with Gasteiger partial charge >= 0.3 is 0 Å². The highest BCUT2D eigenvalue weighted by Gasteiger charge is 2.32. The molecule has 4 heteroatoms. The van der Waals surface area contributed by atoms with Crippen molar-refractivity contribution in [2.24, 2.45) is 5.73 Å². The first-order chi connectivity index (χ1) is 8.93. The van der Waals surface area contributed by atoms with E-state index in [4.69, 9.17) is 5.73 Å². The molecule has 19 heavy (non-hydrogen) atoms. The fraction of sp³-hybridized carbons (Fsp3) is 0.133. The minimum atomic E-state index is -1.36. The SMILES string of the molecule is CC(N)(C(=O)c1ccc(F)cc1F)c1ccccc1. The average molecular weight is 261 g/mol. The van der Waals surface area contributed by atoms with E-state index in [1.807, 2.05) is 0 Å². The van der Waals surface area contributed by atoms with Crippen LogP contribution in [0.4, 0.5) is 8.78 Å². The molecule has 0 bridgehead atoms. The Hall–Kier alpha value is -2.07. The van der Waals surface area contributed by atoms with E-state index in [0.717, 1.165) is 12.1 Å². The molecule has 1 unspecified atom stereocenters. The van der Waals surface area contributed by atoms with Crippen LogP contribution in [0.3, 0.4) is 0 Å². The lowest BCUT2D eigenvalue weighted by Crippen LogP contribution is -2.42. The van der Waals surface area contributed by atoms with E-state index in [9.17, 15) is 13.6 Å². The molecule has 0 saturated carbocycles. The number of Topliss-reactive ketones (excluding diaryl/α,β-unsaturated/α-hetero) is 1. The van der Waals surface area contributed by atoms with Crippen LogP contribution in [-0.2, 0) is 5.54 Å². The second kappa shape index (κ2) is 4.90. The van der Waals surface area contributed by atoms with Gasteiger partial charge in [-0.05, 0) is 24.6 Å². The molecule has 2 rings (SSSR count). The summed E-state index contributed by atoms with van der Waals surface area (Å²) in [6, 6.07) is 11.5. The van der Waals surface area contributed by atoms with E-state index in [1.54, 1.807) is 30.3 Å². The Morgan fingerprint density at radius 3 is 2.32 bits per heavy atom. The van der Waals surface area contributed by atoms with E-state index >= 15 is 0 Å². The summed E-state index contributed by atoms with van der Waals surface area (Å²) in [7, 11) is 0. The van der Waals surface area contributed by atoms with Crippen molar-refractivity contribution in [3.63, 3.8) is 0 Å². The molecular weight excluding hydrogens is 248 g/mol. The number of carbonyl (C=O) groups is 1. The van der Waals surface area contributed by atoms with Crippen LogP contribution >= 0.6 is 0 Å². The molecule has 0 aliphatic heterocycles. The van der Waals surface area contributed by atoms with Gasteiger partial charge in [-0.25, -0.2) is 8.78 Å². The fourth-order valence-electron chi connectivity index (χ4n) is 1.87. The maximum atomic E-state index is 13.6. The van der Waals surface area contributed by atoms with E-state index in [-0.39, 0.29) is 5.56 Å². The van der Waals surface area contributed by atoms with Crippen molar-refractivity contribution in [2.45, 2.75) is 12.5 Å². The third-order valence-electron chi connectivity index (χ3n) is 3.02. The van der Waals surface area contributed by atoms with Crippen molar-refractivity contribution < 1.29 is 13.6 Å². The molecule has 0 aromatic heterocycles. The van der Waals surface area contributed by atoms with Gasteiger partial charge in [-0.3, -0.25) is 4.79 Å². The number of carbonyl (C=O) groups excluding carboxylic acids is 1. The summed E-state index contributed by atoms with van der Waals surface area (Å²) in [6.45, 7) is 1.51. The van der Waals surface area contributed by atoms with Crippen molar-refractivity contribution in [1.29, 1.82) is 0 Å². The Labute approximate surface area is 109 Å². The van der Waals surface area contributed by atoms with Gasteiger partial charge in [-0.15, -0.1) is 0 Å². The summed E-state index contributed by atoms with van der Waals surface area (Å²) in [5, 5.41) is 0. The van der Waals surface area contributed by atoms with E-state index in [0.29, 0.717) is 11.6 Å². The molecule has 0 saturated heterocycles. The lowest BCUT2D eigenvalue weighted by molar-refractivity contribution is 0.0895. The number of halogens is 2. The number of hydrogen-bond donors (Lipinski definition) is 1. The van der Waals surface area contributed by atoms with Crippen molar-refractivity contribution in [2.75, 3.05) is 0 Å². The highest BCUT2D eigenvalue weighted by atomic mass is 19.1. The van der Waals surface area contributed by atoms with Crippen LogP contribution in [0.5, 0.6) is 0 Å². The maximum Gasteiger partial charge on any atom is 0.189 e. The van der Waals surface area contributed by atoms with Crippen LogP contribution in [-0.4, -0.2) is 5.78 Å². The quantitative estimate of drug-likeness (QED) is 0.863. The lowest BCUT2D eigenvalue weighted by Gasteiger charge is -2.23. The van der Waals surface area contributed by atoms with Crippen molar-refractivity contribution in [1.82, 2.24) is 0 Å². The smallest absolute Gasteiger partial charge is 0.189 e. The summed E-state index contributed by atoms with van der Waals surface area (Å²) in [5.74, 6) is -2.22. The van der Waals surface area contributed by atoms with Gasteiger partial charge in [0.25, 0.3) is 0 Å². The number of benzene rings is 2. The fourth-order valence-corrected chi connectivity index (χ4v) is 1.87. The molecular formula is C15H13F2NO. The molecule has 0 spiro atoms. The monoisotopic (exact) mass is 261 g/mol. The number of ketones is 1. The van der Waals surface area contributed by atoms with Gasteiger partial charge < -0.3 is 5.73 Å². The van der Waals surface area contributed by atoms with Crippen LogP contribution in [0.25, 0.3) is 0 Å². The number of nitrogens with two attached hydrogens (primary N) is 1. The summed E-state index contributed by atoms with van der Waals surface area (Å²) in [4.78, 5) is 12.3. The molecule has 0 radical (unpaired) electrons. The van der Waals surface area contributed by atoms with Gasteiger partial charge in [-0.2, -0.15) is 0 Å². The first-order valence-corrected chi connectivity index (χ1v) is 5.77. The van der Waals surface area contributed by atoms with Gasteiger partial charge in [0.2, 0.25) is 0 Å². The summed E-state index contributed by atoms with van der Waals surface area (Å²) < 4.78 is 26.5. The number of rotatable bonds is 3. The first kappa shape index (κ1) is 13.4. The van der Waals surface area contributed by atoms with Gasteiger partial charge in [0, 0.05) is 6.07 Å². The molecule has 0 heterocycles. The minimum absolute atomic E-state index is 0.213. The zero-order chi connectivity index (χ0) is 14.0. The van der Waals surface area contributed by atoms with Crippen LogP contribution in [0.2, 0.25) is 0 Å². The van der Waals surface area contributed by atoms with Crippen LogP contribution in [0.1, 0.15) is 22.8 Å². The second-order valence-corrected chi connectivity index (χ2v) is 4.52. The van der Waals surface area contributed by atoms with E-state index in [2.05, 4.69) is 0 Å². The first-order valence-electron chi connectivity index (χ1n) is 5.77. The second-order valence-electron chi connectivity index (χ2n) is 4.52. The standard InChI is InChI=1S/C15H13F2NO/c1-15(18,10-5-3-2-4-6-10)14(19)12-8-7-11(16)9-13(12)17/h2-9H,18H2,1H3. The molecule has 2 aromatic rings. The zero-order valence-electron chi connectivity index (χ0n) is 10.4. The number of hydrogen-bond acceptors (Lipinski definition) is 2. The summed E-state index contributed by atoms with van der Waals surface area (Å²) in [5.41, 5.74) is 5.01. The third-order valence-corrected chi connectivity index (χ3v) is 3.02. The summed E-state index contributed by atoms with van der Waals surface area (Å²) in [6.07, 6.45) is 0. The molecule has 2 aromatic carbocycles. The molecule has 1 atom stereocenters. The Morgan fingerprint density at radius 2 is 1.74 bits per heavy atom. The highest BCUT2D eigenvalue weighted by Crippen LogP contribution is 2.24. The Morgan fingerprint density at radius 1 is 1.11 bits per heavy atom. The van der Waals surface area contributed by atoms with Crippen LogP contribution in [0, 0.1) is 11.6 Å². The van der Waals surface area contributed by atoms with Gasteiger partial charge in [-0.1, -0.05) is 30.3 Å². The van der Waals surface area contributed by atoms with Gasteiger partial charge in [0.15, 0.2) is 5.78 Å². The average Bonchev–Trinajstić information content (AvgIpc) is 2.39. The predicted octanol–water partition coefficient (Wildman–Crippen LogP) is 3.02. The molecule has 98 valence electrons. The molecule has 0 fully saturated rings. The predicted molar refractivity (Wildman–Crippen MR) is 68.7 cm³/mol. The third kappa shape index (κ3) is 2.53. The Bertz CT molecular complexity index is 609. The van der Waals surface area contributed by atoms with Crippen LogP contribution in [0.15, 0.2) is 48.5 Å². The Kier molecular flexibility index (Phi) is 3.44. The Balaban J connectivity index is 2.43. The van der Waals surface area contributed by atoms with Crippen LogP contribution < -0.4 is 5.73 Å².